The highest BCUT2D eigenvalue weighted by atomic mass is 19.2. The number of benzene rings is 3. The summed E-state index contributed by atoms with van der Waals surface area (Å²) in [5, 5.41) is 19.6. The van der Waals surface area contributed by atoms with Crippen LogP contribution in [0.5, 0.6) is 0 Å². The standard InChI is InChI=1S/C25H6F9N3/c26-9-1-14(29)21(15(30)2-9)20-12(7-35)24(22-16(31)3-10(27)4-17(22)32)37-25(13(20)8-36)23-18(33)5-11(28)6-19(23)34/h1-6H. The lowest BCUT2D eigenvalue weighted by Crippen LogP contribution is -2.08. The molecule has 0 aliphatic carbocycles. The third-order valence-corrected chi connectivity index (χ3v) is 5.17. The van der Waals surface area contributed by atoms with Crippen molar-refractivity contribution in [1.29, 1.82) is 10.5 Å². The molecule has 0 N–H and O–H groups in total. The van der Waals surface area contributed by atoms with Gasteiger partial charge in [0.15, 0.2) is 0 Å². The van der Waals surface area contributed by atoms with Crippen molar-refractivity contribution < 1.29 is 39.5 Å². The second-order valence-electron chi connectivity index (χ2n) is 7.39. The summed E-state index contributed by atoms with van der Waals surface area (Å²) in [6.45, 7) is 0. The summed E-state index contributed by atoms with van der Waals surface area (Å²) in [6, 6.07) is 3.71. The van der Waals surface area contributed by atoms with Gasteiger partial charge >= 0.3 is 0 Å². The molecule has 0 unspecified atom stereocenters. The highest BCUT2D eigenvalue weighted by molar-refractivity contribution is 5.90. The molecule has 4 rings (SSSR count). The van der Waals surface area contributed by atoms with Gasteiger partial charge in [0.2, 0.25) is 0 Å². The van der Waals surface area contributed by atoms with Gasteiger partial charge in [0.25, 0.3) is 0 Å². The van der Waals surface area contributed by atoms with E-state index in [2.05, 4.69) is 4.98 Å². The molecule has 0 aliphatic rings. The normalized spacial score (nSPS) is 10.8. The zero-order valence-electron chi connectivity index (χ0n) is 17.7. The predicted molar refractivity (Wildman–Crippen MR) is 110 cm³/mol. The summed E-state index contributed by atoms with van der Waals surface area (Å²) in [5.74, 6) is -14.3. The van der Waals surface area contributed by atoms with Crippen LogP contribution in [0.15, 0.2) is 36.4 Å². The highest BCUT2D eigenvalue weighted by Crippen LogP contribution is 2.42. The van der Waals surface area contributed by atoms with Crippen LogP contribution in [0.1, 0.15) is 11.1 Å². The van der Waals surface area contributed by atoms with Crippen LogP contribution in [-0.2, 0) is 0 Å². The van der Waals surface area contributed by atoms with Crippen LogP contribution in [0.3, 0.4) is 0 Å². The number of pyridine rings is 1. The van der Waals surface area contributed by atoms with E-state index < -0.39 is 97.1 Å². The van der Waals surface area contributed by atoms with Gasteiger partial charge in [0.05, 0.1) is 39.2 Å². The molecule has 0 amide bonds. The summed E-state index contributed by atoms with van der Waals surface area (Å²) in [4.78, 5) is 3.65. The first-order valence-corrected chi connectivity index (χ1v) is 9.81. The van der Waals surface area contributed by atoms with Gasteiger partial charge in [-0.05, 0) is 0 Å². The molecule has 0 fully saturated rings. The third kappa shape index (κ3) is 4.23. The van der Waals surface area contributed by atoms with Gasteiger partial charge in [-0.15, -0.1) is 0 Å². The molecule has 0 radical (unpaired) electrons. The molecule has 37 heavy (non-hydrogen) atoms. The van der Waals surface area contributed by atoms with Crippen LogP contribution in [0.25, 0.3) is 33.6 Å². The first kappa shape index (κ1) is 25.3. The minimum atomic E-state index is -1.70. The van der Waals surface area contributed by atoms with Crippen LogP contribution >= 0.6 is 0 Å². The quantitative estimate of drug-likeness (QED) is 0.272. The van der Waals surface area contributed by atoms with Gasteiger partial charge in [-0.25, -0.2) is 44.5 Å². The molecule has 184 valence electrons. The molecule has 0 saturated heterocycles. The minimum absolute atomic E-state index is 0.151. The lowest BCUT2D eigenvalue weighted by molar-refractivity contribution is 0.547. The molecule has 0 saturated carbocycles. The number of nitrogens with zero attached hydrogens (tertiary/aromatic N) is 3. The van der Waals surface area contributed by atoms with Crippen molar-refractivity contribution in [1.82, 2.24) is 4.98 Å². The van der Waals surface area contributed by atoms with E-state index in [4.69, 9.17) is 0 Å². The van der Waals surface area contributed by atoms with Gasteiger partial charge < -0.3 is 0 Å². The maximum atomic E-state index is 14.8. The molecule has 1 aromatic heterocycles. The Morgan fingerprint density at radius 2 is 0.703 bits per heavy atom. The van der Waals surface area contributed by atoms with E-state index in [1.54, 1.807) is 0 Å². The molecule has 3 nitrogen and oxygen atoms in total. The maximum absolute atomic E-state index is 14.8. The van der Waals surface area contributed by atoms with Crippen LogP contribution in [0, 0.1) is 75.0 Å². The second kappa shape index (κ2) is 9.32. The van der Waals surface area contributed by atoms with E-state index in [9.17, 15) is 50.0 Å². The van der Waals surface area contributed by atoms with Crippen LogP contribution in [0.2, 0.25) is 0 Å². The van der Waals surface area contributed by atoms with Crippen molar-refractivity contribution in [2.45, 2.75) is 0 Å². The van der Waals surface area contributed by atoms with Crippen molar-refractivity contribution in [2.75, 3.05) is 0 Å². The first-order valence-electron chi connectivity index (χ1n) is 9.81. The van der Waals surface area contributed by atoms with Gasteiger partial charge in [-0.3, -0.25) is 0 Å². The molecule has 0 bridgehead atoms. The van der Waals surface area contributed by atoms with Gasteiger partial charge in [0, 0.05) is 42.0 Å². The van der Waals surface area contributed by atoms with Crippen molar-refractivity contribution in [2.24, 2.45) is 0 Å². The summed E-state index contributed by atoms with van der Waals surface area (Å²) in [5.41, 5.74) is -9.28. The zero-order chi connectivity index (χ0) is 27.2. The van der Waals surface area contributed by atoms with Crippen molar-refractivity contribution in [3.8, 4) is 45.8 Å². The largest absolute Gasteiger partial charge is 0.245 e. The Morgan fingerprint density at radius 3 is 0.973 bits per heavy atom. The molecule has 0 aliphatic heterocycles. The Hall–Kier alpha value is -4.84. The molecule has 3 aromatic carbocycles. The van der Waals surface area contributed by atoms with E-state index in [1.165, 1.54) is 12.1 Å². The van der Waals surface area contributed by atoms with E-state index >= 15 is 0 Å². The topological polar surface area (TPSA) is 60.5 Å². The fraction of sp³-hybridized carbons (Fsp3) is 0. The highest BCUT2D eigenvalue weighted by Gasteiger charge is 2.31. The number of hydrogen-bond acceptors (Lipinski definition) is 3. The Balaban J connectivity index is 2.31. The van der Waals surface area contributed by atoms with Crippen molar-refractivity contribution >= 4 is 0 Å². The summed E-state index contributed by atoms with van der Waals surface area (Å²) in [6.07, 6.45) is 0. The van der Waals surface area contributed by atoms with Crippen molar-refractivity contribution in [3.05, 3.63) is 99.9 Å². The smallest absolute Gasteiger partial charge is 0.138 e. The molecule has 0 spiro atoms. The molecule has 12 heteroatoms. The fourth-order valence-corrected chi connectivity index (χ4v) is 3.73. The molecular formula is C25H6F9N3. The predicted octanol–water partition coefficient (Wildman–Crippen LogP) is 7.08. The van der Waals surface area contributed by atoms with Gasteiger partial charge in [-0.1, -0.05) is 0 Å². The van der Waals surface area contributed by atoms with Crippen molar-refractivity contribution in [3.63, 3.8) is 0 Å². The number of halogens is 9. The number of aromatic nitrogens is 1. The van der Waals surface area contributed by atoms with Crippen LogP contribution in [-0.4, -0.2) is 4.98 Å². The van der Waals surface area contributed by atoms with E-state index in [-0.39, 0.29) is 36.4 Å². The summed E-state index contributed by atoms with van der Waals surface area (Å²) >= 11 is 0. The first-order chi connectivity index (χ1) is 17.5. The SMILES string of the molecule is N#Cc1c(-c2c(F)cc(F)cc2F)nc(-c2c(F)cc(F)cc2F)c(C#N)c1-c1c(F)cc(F)cc1F. The molecule has 0 atom stereocenters. The average Bonchev–Trinajstić information content (AvgIpc) is 2.77. The lowest BCUT2D eigenvalue weighted by Gasteiger charge is -2.18. The Bertz CT molecular complexity index is 1540. The van der Waals surface area contributed by atoms with Crippen LogP contribution < -0.4 is 0 Å². The number of hydrogen-bond donors (Lipinski definition) is 0. The van der Waals surface area contributed by atoms with E-state index in [0.717, 1.165) is 0 Å². The third-order valence-electron chi connectivity index (χ3n) is 5.17. The second-order valence-corrected chi connectivity index (χ2v) is 7.39. The summed E-state index contributed by atoms with van der Waals surface area (Å²) in [7, 11) is 0. The average molecular weight is 519 g/mol. The van der Waals surface area contributed by atoms with Crippen LogP contribution in [0.4, 0.5) is 39.5 Å². The Morgan fingerprint density at radius 1 is 0.432 bits per heavy atom. The number of nitriles is 2. The van der Waals surface area contributed by atoms with Gasteiger partial charge in [-0.2, -0.15) is 10.5 Å². The molecule has 1 heterocycles. The minimum Gasteiger partial charge on any atom is -0.245 e. The zero-order valence-corrected chi connectivity index (χ0v) is 17.7. The molecule has 4 aromatic rings. The number of rotatable bonds is 3. The van der Waals surface area contributed by atoms with E-state index in [1.807, 2.05) is 0 Å². The van der Waals surface area contributed by atoms with E-state index in [0.29, 0.717) is 0 Å². The molecular weight excluding hydrogens is 513 g/mol. The summed E-state index contributed by atoms with van der Waals surface area (Å²) < 4.78 is 129. The van der Waals surface area contributed by atoms with Gasteiger partial charge in [0.1, 0.15) is 64.5 Å². The Kier molecular flexibility index (Phi) is 6.36. The Labute approximate surface area is 201 Å². The maximum Gasteiger partial charge on any atom is 0.138 e. The fourth-order valence-electron chi connectivity index (χ4n) is 3.73. The monoisotopic (exact) mass is 519 g/mol. The lowest BCUT2D eigenvalue weighted by atomic mass is 9.88.